The monoisotopic (exact) mass is 310 g/mol. The van der Waals surface area contributed by atoms with Gasteiger partial charge in [0.2, 0.25) is 5.91 Å². The maximum atomic E-state index is 12.1. The fourth-order valence-electron chi connectivity index (χ4n) is 2.40. The van der Waals surface area contributed by atoms with Crippen molar-refractivity contribution in [2.45, 2.75) is 51.7 Å². The lowest BCUT2D eigenvalue weighted by molar-refractivity contribution is -0.119. The first-order valence-electron chi connectivity index (χ1n) is 7.16. The van der Waals surface area contributed by atoms with E-state index in [4.69, 9.17) is 4.74 Å². The predicted molar refractivity (Wildman–Crippen MR) is 83.4 cm³/mol. The fraction of sp³-hybridized carbons (Fsp3) is 0.600. The zero-order valence-electron chi connectivity index (χ0n) is 12.6. The number of alkyl carbamates (subject to hydrolysis) is 1. The summed E-state index contributed by atoms with van der Waals surface area (Å²) in [6.07, 6.45) is 1.85. The molecule has 0 unspecified atom stereocenters. The minimum Gasteiger partial charge on any atom is -0.444 e. The lowest BCUT2D eigenvalue weighted by Crippen LogP contribution is -2.38. The van der Waals surface area contributed by atoms with Gasteiger partial charge in [0.1, 0.15) is 5.60 Å². The van der Waals surface area contributed by atoms with Gasteiger partial charge in [0.25, 0.3) is 0 Å². The number of hydrogen-bond acceptors (Lipinski definition) is 4. The summed E-state index contributed by atoms with van der Waals surface area (Å²) in [4.78, 5) is 23.8. The first-order chi connectivity index (χ1) is 9.83. The molecule has 2 rings (SSSR count). The third-order valence-electron chi connectivity index (χ3n) is 3.31. The highest BCUT2D eigenvalue weighted by Gasteiger charge is 2.31. The van der Waals surface area contributed by atoms with Gasteiger partial charge in [0, 0.05) is 17.3 Å². The normalized spacial score (nSPS) is 21.9. The first kappa shape index (κ1) is 15.8. The second-order valence-corrected chi connectivity index (χ2v) is 7.13. The van der Waals surface area contributed by atoms with Gasteiger partial charge in [-0.3, -0.25) is 4.79 Å². The molecule has 1 fully saturated rings. The number of carbonyl (C=O) groups is 2. The van der Waals surface area contributed by atoms with Crippen LogP contribution < -0.4 is 10.6 Å². The molecule has 0 saturated heterocycles. The average molecular weight is 310 g/mol. The Morgan fingerprint density at radius 3 is 2.71 bits per heavy atom. The van der Waals surface area contributed by atoms with Gasteiger partial charge in [-0.1, -0.05) is 0 Å². The fourth-order valence-corrected chi connectivity index (χ4v) is 2.99. The second kappa shape index (κ2) is 6.47. The van der Waals surface area contributed by atoms with Crippen LogP contribution in [0.3, 0.4) is 0 Å². The summed E-state index contributed by atoms with van der Waals surface area (Å²) in [5, 5.41) is 9.58. The molecule has 2 atom stereocenters. The SMILES string of the molecule is CC(C)(C)OC(=O)N[C@H]1CC[C@H](C(=O)Nc2ccsc2)C1. The van der Waals surface area contributed by atoms with E-state index in [1.165, 1.54) is 0 Å². The molecule has 6 heteroatoms. The van der Waals surface area contributed by atoms with Gasteiger partial charge in [-0.05, 0) is 51.5 Å². The summed E-state index contributed by atoms with van der Waals surface area (Å²) in [5.74, 6) is -0.0216. The number of rotatable bonds is 3. The van der Waals surface area contributed by atoms with Gasteiger partial charge in [0.15, 0.2) is 0 Å². The topological polar surface area (TPSA) is 67.4 Å². The molecule has 0 radical (unpaired) electrons. The van der Waals surface area contributed by atoms with Crippen LogP contribution in [0.1, 0.15) is 40.0 Å². The van der Waals surface area contributed by atoms with E-state index in [0.29, 0.717) is 6.42 Å². The van der Waals surface area contributed by atoms with E-state index < -0.39 is 11.7 Å². The van der Waals surface area contributed by atoms with Gasteiger partial charge < -0.3 is 15.4 Å². The van der Waals surface area contributed by atoms with Crippen molar-refractivity contribution in [3.63, 3.8) is 0 Å². The van der Waals surface area contributed by atoms with Crippen molar-refractivity contribution in [3.05, 3.63) is 16.8 Å². The number of thiophene rings is 1. The van der Waals surface area contributed by atoms with Gasteiger partial charge in [-0.2, -0.15) is 11.3 Å². The van der Waals surface area contributed by atoms with Crippen LogP contribution in [0.2, 0.25) is 0 Å². The number of anilines is 1. The Morgan fingerprint density at radius 2 is 2.10 bits per heavy atom. The van der Waals surface area contributed by atoms with Crippen LogP contribution in [-0.4, -0.2) is 23.6 Å². The van der Waals surface area contributed by atoms with Crippen LogP contribution in [0, 0.1) is 5.92 Å². The summed E-state index contributed by atoms with van der Waals surface area (Å²) in [6, 6.07) is 1.89. The van der Waals surface area contributed by atoms with Gasteiger partial charge in [0.05, 0.1) is 5.69 Å². The molecule has 21 heavy (non-hydrogen) atoms. The number of ether oxygens (including phenoxy) is 1. The van der Waals surface area contributed by atoms with Crippen molar-refractivity contribution < 1.29 is 14.3 Å². The number of carbonyl (C=O) groups excluding carboxylic acids is 2. The van der Waals surface area contributed by atoms with Crippen LogP contribution >= 0.6 is 11.3 Å². The molecule has 1 aliphatic rings. The lowest BCUT2D eigenvalue weighted by atomic mass is 10.1. The van der Waals surface area contributed by atoms with Crippen molar-refractivity contribution in [1.29, 1.82) is 0 Å². The Labute approximate surface area is 129 Å². The summed E-state index contributed by atoms with van der Waals surface area (Å²) >= 11 is 1.55. The van der Waals surface area contributed by atoms with Crippen LogP contribution in [0.5, 0.6) is 0 Å². The van der Waals surface area contributed by atoms with Crippen LogP contribution in [0.4, 0.5) is 10.5 Å². The maximum absolute atomic E-state index is 12.1. The number of nitrogens with one attached hydrogen (secondary N) is 2. The summed E-state index contributed by atoms with van der Waals surface area (Å²) < 4.78 is 5.23. The van der Waals surface area contributed by atoms with Gasteiger partial charge >= 0.3 is 6.09 Å². The smallest absolute Gasteiger partial charge is 0.407 e. The van der Waals surface area contributed by atoms with E-state index >= 15 is 0 Å². The van der Waals surface area contributed by atoms with Gasteiger partial charge in [-0.15, -0.1) is 0 Å². The molecule has 2 amide bonds. The molecule has 5 nitrogen and oxygen atoms in total. The maximum Gasteiger partial charge on any atom is 0.407 e. The molecular weight excluding hydrogens is 288 g/mol. The molecule has 1 aromatic rings. The zero-order chi connectivity index (χ0) is 15.5. The first-order valence-corrected chi connectivity index (χ1v) is 8.10. The Bertz CT molecular complexity index is 494. The molecule has 0 aromatic carbocycles. The third kappa shape index (κ3) is 5.04. The standard InChI is InChI=1S/C15H22N2O3S/c1-15(2,3)20-14(19)17-11-5-4-10(8-11)13(18)16-12-6-7-21-9-12/h6-7,9-11H,4-5,8H2,1-3H3,(H,16,18)(H,17,19)/t10-,11-/m0/s1. The van der Waals surface area contributed by atoms with E-state index in [1.54, 1.807) is 11.3 Å². The average Bonchev–Trinajstić information content (AvgIpc) is 2.97. The summed E-state index contributed by atoms with van der Waals surface area (Å²) in [6.45, 7) is 5.50. The molecule has 2 N–H and O–H groups in total. The molecular formula is C15H22N2O3S. The minimum atomic E-state index is -0.502. The highest BCUT2D eigenvalue weighted by atomic mass is 32.1. The van der Waals surface area contributed by atoms with Crippen molar-refractivity contribution in [2.24, 2.45) is 5.92 Å². The third-order valence-corrected chi connectivity index (χ3v) is 4.00. The number of hydrogen-bond donors (Lipinski definition) is 2. The highest BCUT2D eigenvalue weighted by molar-refractivity contribution is 7.08. The molecule has 0 bridgehead atoms. The predicted octanol–water partition coefficient (Wildman–Crippen LogP) is 3.38. The van der Waals surface area contributed by atoms with E-state index in [2.05, 4.69) is 10.6 Å². The van der Waals surface area contributed by atoms with E-state index in [1.807, 2.05) is 37.6 Å². The molecule has 1 saturated carbocycles. The van der Waals surface area contributed by atoms with Crippen molar-refractivity contribution in [1.82, 2.24) is 5.32 Å². The highest BCUT2D eigenvalue weighted by Crippen LogP contribution is 2.27. The zero-order valence-corrected chi connectivity index (χ0v) is 13.5. The minimum absolute atomic E-state index is 0.0121. The summed E-state index contributed by atoms with van der Waals surface area (Å²) in [7, 11) is 0. The molecule has 1 aromatic heterocycles. The van der Waals surface area contributed by atoms with Crippen LogP contribution in [0.15, 0.2) is 16.8 Å². The quantitative estimate of drug-likeness (QED) is 0.899. The summed E-state index contributed by atoms with van der Waals surface area (Å²) in [5.41, 5.74) is 0.340. The molecule has 116 valence electrons. The molecule has 0 spiro atoms. The van der Waals surface area contributed by atoms with E-state index in [-0.39, 0.29) is 17.9 Å². The second-order valence-electron chi connectivity index (χ2n) is 6.35. The lowest BCUT2D eigenvalue weighted by Gasteiger charge is -2.21. The Morgan fingerprint density at radius 1 is 1.33 bits per heavy atom. The molecule has 1 aliphatic carbocycles. The van der Waals surface area contributed by atoms with E-state index in [0.717, 1.165) is 18.5 Å². The Hall–Kier alpha value is -1.56. The van der Waals surface area contributed by atoms with Crippen molar-refractivity contribution in [3.8, 4) is 0 Å². The Balaban J connectivity index is 1.78. The van der Waals surface area contributed by atoms with Crippen molar-refractivity contribution >= 4 is 29.0 Å². The van der Waals surface area contributed by atoms with E-state index in [9.17, 15) is 9.59 Å². The molecule has 1 heterocycles. The van der Waals surface area contributed by atoms with Crippen LogP contribution in [-0.2, 0) is 9.53 Å². The largest absolute Gasteiger partial charge is 0.444 e. The Kier molecular flexibility index (Phi) is 4.88. The van der Waals surface area contributed by atoms with Gasteiger partial charge in [-0.25, -0.2) is 4.79 Å². The number of amides is 2. The van der Waals surface area contributed by atoms with Crippen molar-refractivity contribution in [2.75, 3.05) is 5.32 Å². The van der Waals surface area contributed by atoms with Crippen LogP contribution in [0.25, 0.3) is 0 Å². The molecule has 0 aliphatic heterocycles.